The summed E-state index contributed by atoms with van der Waals surface area (Å²) in [5, 5.41) is 0. The second kappa shape index (κ2) is 9.36. The second-order valence-corrected chi connectivity index (χ2v) is 8.29. The van der Waals surface area contributed by atoms with E-state index in [0.29, 0.717) is 6.42 Å². The van der Waals surface area contributed by atoms with Gasteiger partial charge in [0, 0.05) is 50.5 Å². The average Bonchev–Trinajstić information content (AvgIpc) is 2.80. The Labute approximate surface area is 185 Å². The average molecular weight is 415 g/mol. The molecule has 160 valence electrons. The molecule has 1 saturated heterocycles. The second-order valence-electron chi connectivity index (χ2n) is 8.29. The summed E-state index contributed by atoms with van der Waals surface area (Å²) in [7, 11) is 4.07. The van der Waals surface area contributed by atoms with E-state index in [0.717, 1.165) is 59.8 Å². The number of anilines is 2. The summed E-state index contributed by atoms with van der Waals surface area (Å²) < 4.78 is 5.43. The van der Waals surface area contributed by atoms with Gasteiger partial charge in [0.15, 0.2) is 5.78 Å². The van der Waals surface area contributed by atoms with E-state index in [2.05, 4.69) is 64.4 Å². The first-order valence-electron chi connectivity index (χ1n) is 10.8. The summed E-state index contributed by atoms with van der Waals surface area (Å²) in [4.78, 5) is 17.5. The number of hydrogen-bond acceptors (Lipinski definition) is 4. The molecule has 3 aromatic rings. The number of carbonyl (C=O) groups is 1. The van der Waals surface area contributed by atoms with Crippen molar-refractivity contribution in [2.45, 2.75) is 13.3 Å². The van der Waals surface area contributed by atoms with Gasteiger partial charge in [0.1, 0.15) is 0 Å². The number of ether oxygens (including phenoxy) is 1. The zero-order chi connectivity index (χ0) is 21.8. The first kappa shape index (κ1) is 21.1. The van der Waals surface area contributed by atoms with Crippen LogP contribution in [-0.4, -0.2) is 46.2 Å². The number of benzene rings is 3. The van der Waals surface area contributed by atoms with Gasteiger partial charge in [-0.3, -0.25) is 4.79 Å². The maximum Gasteiger partial charge on any atom is 0.167 e. The first-order chi connectivity index (χ1) is 15.0. The van der Waals surface area contributed by atoms with Gasteiger partial charge in [-0.25, -0.2) is 0 Å². The van der Waals surface area contributed by atoms with E-state index in [1.54, 1.807) is 0 Å². The summed E-state index contributed by atoms with van der Waals surface area (Å²) in [6.07, 6.45) is 0.410. The number of ketones is 1. The Morgan fingerprint density at radius 2 is 1.61 bits per heavy atom. The molecule has 3 aromatic carbocycles. The molecule has 0 aromatic heterocycles. The molecule has 0 bridgehead atoms. The van der Waals surface area contributed by atoms with Crippen LogP contribution in [0.15, 0.2) is 66.7 Å². The zero-order valence-electron chi connectivity index (χ0n) is 18.6. The number of carbonyl (C=O) groups excluding carboxylic acids is 1. The van der Waals surface area contributed by atoms with Crippen molar-refractivity contribution < 1.29 is 9.53 Å². The highest BCUT2D eigenvalue weighted by molar-refractivity contribution is 6.00. The fourth-order valence-electron chi connectivity index (χ4n) is 4.12. The van der Waals surface area contributed by atoms with Crippen LogP contribution in [0.5, 0.6) is 0 Å². The number of Topliss-reactive ketones (excluding diaryl/α,β-unsaturated/α-hetero) is 1. The summed E-state index contributed by atoms with van der Waals surface area (Å²) >= 11 is 0. The smallest absolute Gasteiger partial charge is 0.167 e. The molecule has 4 heteroatoms. The van der Waals surface area contributed by atoms with Crippen molar-refractivity contribution in [1.29, 1.82) is 0 Å². The quantitative estimate of drug-likeness (QED) is 0.532. The fourth-order valence-corrected chi connectivity index (χ4v) is 4.12. The zero-order valence-corrected chi connectivity index (χ0v) is 18.6. The van der Waals surface area contributed by atoms with E-state index >= 15 is 0 Å². The van der Waals surface area contributed by atoms with Crippen LogP contribution in [0.4, 0.5) is 11.4 Å². The van der Waals surface area contributed by atoms with Crippen molar-refractivity contribution in [2.75, 3.05) is 50.2 Å². The summed E-state index contributed by atoms with van der Waals surface area (Å²) in [5.74, 6) is 0.156. The van der Waals surface area contributed by atoms with E-state index in [1.165, 1.54) is 5.69 Å². The standard InChI is InChI=1S/C27H30N2O2/c1-20-25(22-9-13-23(14-10-22)28(2)3)5-4-6-26(20)27(30)19-21-7-11-24(12-8-21)29-15-17-31-18-16-29/h4-14H,15-19H2,1-3H3. The predicted octanol–water partition coefficient (Wildman–Crippen LogP) is 4.99. The highest BCUT2D eigenvalue weighted by atomic mass is 16.5. The van der Waals surface area contributed by atoms with Crippen molar-refractivity contribution in [3.05, 3.63) is 83.4 Å². The molecule has 1 aliphatic heterocycles. The third kappa shape index (κ3) is 4.80. The highest BCUT2D eigenvalue weighted by Crippen LogP contribution is 2.28. The van der Waals surface area contributed by atoms with Crippen LogP contribution in [-0.2, 0) is 11.2 Å². The van der Waals surface area contributed by atoms with Crippen molar-refractivity contribution in [3.63, 3.8) is 0 Å². The molecule has 0 amide bonds. The lowest BCUT2D eigenvalue weighted by molar-refractivity contribution is 0.0992. The SMILES string of the molecule is Cc1c(C(=O)Cc2ccc(N3CCOCC3)cc2)cccc1-c1ccc(N(C)C)cc1. The largest absolute Gasteiger partial charge is 0.378 e. The van der Waals surface area contributed by atoms with Gasteiger partial charge in [-0.1, -0.05) is 42.5 Å². The van der Waals surface area contributed by atoms with Crippen molar-refractivity contribution >= 4 is 17.2 Å². The molecule has 0 spiro atoms. The van der Waals surface area contributed by atoms with Crippen LogP contribution in [0, 0.1) is 6.92 Å². The van der Waals surface area contributed by atoms with Gasteiger partial charge in [-0.15, -0.1) is 0 Å². The van der Waals surface area contributed by atoms with Gasteiger partial charge in [0.2, 0.25) is 0 Å². The topological polar surface area (TPSA) is 32.8 Å². The molecule has 0 aliphatic carbocycles. The lowest BCUT2D eigenvalue weighted by Crippen LogP contribution is -2.36. The molecule has 0 saturated carbocycles. The lowest BCUT2D eigenvalue weighted by atomic mass is 9.92. The summed E-state index contributed by atoms with van der Waals surface area (Å²) in [6.45, 7) is 5.42. The third-order valence-electron chi connectivity index (χ3n) is 6.01. The van der Waals surface area contributed by atoms with Gasteiger partial charge >= 0.3 is 0 Å². The van der Waals surface area contributed by atoms with Crippen LogP contribution >= 0.6 is 0 Å². The summed E-state index contributed by atoms with van der Waals surface area (Å²) in [5.41, 5.74) is 7.48. The molecule has 1 fully saturated rings. The number of morpholine rings is 1. The Morgan fingerprint density at radius 3 is 2.26 bits per heavy atom. The van der Waals surface area contributed by atoms with Gasteiger partial charge in [-0.2, -0.15) is 0 Å². The molecule has 1 aliphatic rings. The van der Waals surface area contributed by atoms with Crippen molar-refractivity contribution in [3.8, 4) is 11.1 Å². The highest BCUT2D eigenvalue weighted by Gasteiger charge is 2.15. The molecular weight excluding hydrogens is 384 g/mol. The number of hydrogen-bond donors (Lipinski definition) is 0. The van der Waals surface area contributed by atoms with E-state index in [9.17, 15) is 4.79 Å². The van der Waals surface area contributed by atoms with E-state index in [-0.39, 0.29) is 5.78 Å². The molecule has 0 atom stereocenters. The Kier molecular flexibility index (Phi) is 6.38. The summed E-state index contributed by atoms with van der Waals surface area (Å²) in [6, 6.07) is 22.9. The van der Waals surface area contributed by atoms with Crippen LogP contribution in [0.25, 0.3) is 11.1 Å². The van der Waals surface area contributed by atoms with Crippen LogP contribution < -0.4 is 9.80 Å². The van der Waals surface area contributed by atoms with Crippen LogP contribution in [0.3, 0.4) is 0 Å². The van der Waals surface area contributed by atoms with Gasteiger partial charge < -0.3 is 14.5 Å². The maximum atomic E-state index is 13.1. The molecule has 0 unspecified atom stereocenters. The van der Waals surface area contributed by atoms with E-state index < -0.39 is 0 Å². The molecule has 4 nitrogen and oxygen atoms in total. The molecule has 0 N–H and O–H groups in total. The van der Waals surface area contributed by atoms with E-state index in [4.69, 9.17) is 4.74 Å². The van der Waals surface area contributed by atoms with Crippen LogP contribution in [0.1, 0.15) is 21.5 Å². The fraction of sp³-hybridized carbons (Fsp3) is 0.296. The predicted molar refractivity (Wildman–Crippen MR) is 128 cm³/mol. The van der Waals surface area contributed by atoms with Gasteiger partial charge in [0.05, 0.1) is 13.2 Å². The molecule has 4 rings (SSSR count). The maximum absolute atomic E-state index is 13.1. The molecular formula is C27H30N2O2. The molecule has 31 heavy (non-hydrogen) atoms. The molecule has 1 heterocycles. The van der Waals surface area contributed by atoms with Crippen molar-refractivity contribution in [2.24, 2.45) is 0 Å². The number of nitrogens with zero attached hydrogens (tertiary/aromatic N) is 2. The van der Waals surface area contributed by atoms with Gasteiger partial charge in [0.25, 0.3) is 0 Å². The Balaban J connectivity index is 1.50. The Bertz CT molecular complexity index is 1030. The van der Waals surface area contributed by atoms with Gasteiger partial charge in [-0.05, 0) is 53.4 Å². The minimum atomic E-state index is 0.156. The lowest BCUT2D eigenvalue weighted by Gasteiger charge is -2.28. The minimum Gasteiger partial charge on any atom is -0.378 e. The van der Waals surface area contributed by atoms with Crippen molar-refractivity contribution in [1.82, 2.24) is 0 Å². The first-order valence-corrected chi connectivity index (χ1v) is 10.8. The normalized spacial score (nSPS) is 13.8. The monoisotopic (exact) mass is 414 g/mol. The third-order valence-corrected chi connectivity index (χ3v) is 6.01. The minimum absolute atomic E-state index is 0.156. The van der Waals surface area contributed by atoms with Crippen LogP contribution in [0.2, 0.25) is 0 Å². The molecule has 0 radical (unpaired) electrons. The Hall–Kier alpha value is -3.11. The Morgan fingerprint density at radius 1 is 0.935 bits per heavy atom. The van der Waals surface area contributed by atoms with E-state index in [1.807, 2.05) is 33.2 Å². The number of rotatable bonds is 6.